The number of amides is 1. The highest BCUT2D eigenvalue weighted by molar-refractivity contribution is 5.78. The first-order chi connectivity index (χ1) is 8.70. The molecule has 1 amide bonds. The molecule has 1 aromatic rings. The molecule has 0 radical (unpaired) electrons. The molecule has 1 rings (SSSR count). The third kappa shape index (κ3) is 4.89. The topological polar surface area (TPSA) is 49.3 Å². The van der Waals surface area contributed by atoms with Gasteiger partial charge in [-0.25, -0.2) is 4.39 Å². The monoisotopic (exact) mass is 267 g/mol. The van der Waals surface area contributed by atoms with E-state index in [9.17, 15) is 14.3 Å². The molecule has 2 N–H and O–H groups in total. The lowest BCUT2D eigenvalue weighted by molar-refractivity contribution is -0.127. The summed E-state index contributed by atoms with van der Waals surface area (Å²) in [4.78, 5) is 11.9. The molecule has 0 fully saturated rings. The molecule has 0 aliphatic rings. The lowest BCUT2D eigenvalue weighted by Crippen LogP contribution is -2.37. The van der Waals surface area contributed by atoms with Gasteiger partial charge in [0.25, 0.3) is 0 Å². The number of hydrogen-bond donors (Lipinski definition) is 2. The van der Waals surface area contributed by atoms with Gasteiger partial charge in [0, 0.05) is 18.5 Å². The standard InChI is InChI=1S/C15H22FNO2/c1-10(15(2,3)4)14(19)17-6-5-11-7-12(16)9-13(18)8-11/h7-10,18H,5-6H2,1-4H3,(H,17,19). The fourth-order valence-corrected chi connectivity index (χ4v) is 1.65. The molecule has 106 valence electrons. The summed E-state index contributed by atoms with van der Waals surface area (Å²) in [6, 6.07) is 3.92. The zero-order valence-electron chi connectivity index (χ0n) is 12.0. The van der Waals surface area contributed by atoms with Crippen LogP contribution in [0.15, 0.2) is 18.2 Å². The van der Waals surface area contributed by atoms with Crippen LogP contribution in [0.3, 0.4) is 0 Å². The van der Waals surface area contributed by atoms with E-state index in [1.807, 2.05) is 27.7 Å². The molecule has 3 nitrogen and oxygen atoms in total. The molecule has 0 bridgehead atoms. The van der Waals surface area contributed by atoms with E-state index in [1.165, 1.54) is 12.1 Å². The summed E-state index contributed by atoms with van der Waals surface area (Å²) in [5.74, 6) is -0.657. The molecule has 19 heavy (non-hydrogen) atoms. The van der Waals surface area contributed by atoms with Gasteiger partial charge in [0.15, 0.2) is 0 Å². The predicted molar refractivity (Wildman–Crippen MR) is 73.4 cm³/mol. The SMILES string of the molecule is CC(C(=O)NCCc1cc(O)cc(F)c1)C(C)(C)C. The van der Waals surface area contributed by atoms with Gasteiger partial charge in [-0.15, -0.1) is 0 Å². The fourth-order valence-electron chi connectivity index (χ4n) is 1.65. The van der Waals surface area contributed by atoms with E-state index in [0.717, 1.165) is 6.07 Å². The number of hydrogen-bond acceptors (Lipinski definition) is 2. The first-order valence-electron chi connectivity index (χ1n) is 6.46. The molecule has 0 aromatic heterocycles. The quantitative estimate of drug-likeness (QED) is 0.881. The Morgan fingerprint density at radius 1 is 1.37 bits per heavy atom. The lowest BCUT2D eigenvalue weighted by Gasteiger charge is -2.26. The molecule has 0 spiro atoms. The van der Waals surface area contributed by atoms with Crippen molar-refractivity contribution in [1.82, 2.24) is 5.32 Å². The second-order valence-electron chi connectivity index (χ2n) is 5.95. The second-order valence-corrected chi connectivity index (χ2v) is 5.95. The van der Waals surface area contributed by atoms with E-state index >= 15 is 0 Å². The largest absolute Gasteiger partial charge is 0.508 e. The molecule has 1 unspecified atom stereocenters. The highest BCUT2D eigenvalue weighted by atomic mass is 19.1. The third-order valence-corrected chi connectivity index (χ3v) is 3.35. The summed E-state index contributed by atoms with van der Waals surface area (Å²) < 4.78 is 13.1. The van der Waals surface area contributed by atoms with Crippen molar-refractivity contribution in [2.75, 3.05) is 6.54 Å². The van der Waals surface area contributed by atoms with Gasteiger partial charge in [0.05, 0.1) is 0 Å². The Balaban J connectivity index is 2.48. The highest BCUT2D eigenvalue weighted by Gasteiger charge is 2.26. The Morgan fingerprint density at radius 2 is 2.00 bits per heavy atom. The molecular formula is C15H22FNO2. The maximum Gasteiger partial charge on any atom is 0.223 e. The zero-order valence-corrected chi connectivity index (χ0v) is 12.0. The van der Waals surface area contributed by atoms with Crippen LogP contribution in [0.5, 0.6) is 5.75 Å². The van der Waals surface area contributed by atoms with Gasteiger partial charge in [0.2, 0.25) is 5.91 Å². The summed E-state index contributed by atoms with van der Waals surface area (Å²) >= 11 is 0. The lowest BCUT2D eigenvalue weighted by atomic mass is 9.81. The maximum atomic E-state index is 13.1. The normalized spacial score (nSPS) is 13.1. The molecule has 0 saturated carbocycles. The Bertz CT molecular complexity index is 432. The van der Waals surface area contributed by atoms with E-state index in [4.69, 9.17) is 0 Å². The first-order valence-corrected chi connectivity index (χ1v) is 6.46. The van der Waals surface area contributed by atoms with E-state index in [-0.39, 0.29) is 23.0 Å². The number of nitrogens with one attached hydrogen (secondary N) is 1. The van der Waals surface area contributed by atoms with Crippen LogP contribution in [0.2, 0.25) is 0 Å². The van der Waals surface area contributed by atoms with Crippen molar-refractivity contribution in [3.8, 4) is 5.75 Å². The number of carbonyl (C=O) groups is 1. The Morgan fingerprint density at radius 3 is 2.53 bits per heavy atom. The minimum Gasteiger partial charge on any atom is -0.508 e. The number of aromatic hydroxyl groups is 1. The number of phenols is 1. The van der Waals surface area contributed by atoms with Crippen molar-refractivity contribution >= 4 is 5.91 Å². The molecule has 0 aliphatic carbocycles. The van der Waals surface area contributed by atoms with E-state index in [1.54, 1.807) is 0 Å². The number of rotatable bonds is 4. The van der Waals surface area contributed by atoms with Crippen LogP contribution < -0.4 is 5.32 Å². The second kappa shape index (κ2) is 6.04. The van der Waals surface area contributed by atoms with E-state index in [2.05, 4.69) is 5.32 Å². The van der Waals surface area contributed by atoms with E-state index in [0.29, 0.717) is 18.5 Å². The summed E-state index contributed by atoms with van der Waals surface area (Å²) in [5, 5.41) is 12.1. The average molecular weight is 267 g/mol. The predicted octanol–water partition coefficient (Wildman–Crippen LogP) is 2.87. The van der Waals surface area contributed by atoms with Crippen molar-refractivity contribution in [3.63, 3.8) is 0 Å². The van der Waals surface area contributed by atoms with Gasteiger partial charge in [-0.3, -0.25) is 4.79 Å². The fraction of sp³-hybridized carbons (Fsp3) is 0.533. The van der Waals surface area contributed by atoms with E-state index < -0.39 is 5.82 Å². The number of carbonyl (C=O) groups excluding carboxylic acids is 1. The van der Waals surface area contributed by atoms with Crippen LogP contribution in [0.1, 0.15) is 33.3 Å². The van der Waals surface area contributed by atoms with Gasteiger partial charge >= 0.3 is 0 Å². The highest BCUT2D eigenvalue weighted by Crippen LogP contribution is 2.25. The summed E-state index contributed by atoms with van der Waals surface area (Å²) in [6.45, 7) is 8.37. The van der Waals surface area contributed by atoms with Crippen LogP contribution in [0.4, 0.5) is 4.39 Å². The molecule has 0 heterocycles. The van der Waals surface area contributed by atoms with Gasteiger partial charge < -0.3 is 10.4 Å². The van der Waals surface area contributed by atoms with Gasteiger partial charge in [0.1, 0.15) is 11.6 Å². The van der Waals surface area contributed by atoms with Gasteiger partial charge in [-0.1, -0.05) is 27.7 Å². The molecule has 0 aliphatic heterocycles. The Kier molecular flexibility index (Phi) is 4.92. The van der Waals surface area contributed by atoms with Crippen molar-refractivity contribution in [2.45, 2.75) is 34.1 Å². The maximum absolute atomic E-state index is 13.1. The zero-order chi connectivity index (χ0) is 14.6. The minimum atomic E-state index is -0.468. The van der Waals surface area contributed by atoms with Crippen LogP contribution in [0.25, 0.3) is 0 Å². The number of halogens is 1. The molecule has 1 aromatic carbocycles. The first kappa shape index (κ1) is 15.5. The Hall–Kier alpha value is -1.58. The molecular weight excluding hydrogens is 245 g/mol. The van der Waals surface area contributed by atoms with Crippen molar-refractivity contribution in [2.24, 2.45) is 11.3 Å². The number of benzene rings is 1. The van der Waals surface area contributed by atoms with Gasteiger partial charge in [-0.05, 0) is 29.5 Å². The third-order valence-electron chi connectivity index (χ3n) is 3.35. The van der Waals surface area contributed by atoms with Crippen LogP contribution in [0, 0.1) is 17.2 Å². The summed E-state index contributed by atoms with van der Waals surface area (Å²) in [5.41, 5.74) is 0.586. The van der Waals surface area contributed by atoms with Crippen molar-refractivity contribution < 1.29 is 14.3 Å². The Labute approximate surface area is 113 Å². The van der Waals surface area contributed by atoms with Crippen LogP contribution in [-0.4, -0.2) is 17.6 Å². The molecule has 0 saturated heterocycles. The van der Waals surface area contributed by atoms with Crippen molar-refractivity contribution in [1.29, 1.82) is 0 Å². The van der Waals surface area contributed by atoms with Crippen LogP contribution >= 0.6 is 0 Å². The smallest absolute Gasteiger partial charge is 0.223 e. The number of phenolic OH excluding ortho intramolecular Hbond substituents is 1. The molecule has 1 atom stereocenters. The van der Waals surface area contributed by atoms with Gasteiger partial charge in [-0.2, -0.15) is 0 Å². The summed E-state index contributed by atoms with van der Waals surface area (Å²) in [6.07, 6.45) is 0.494. The molecule has 4 heteroatoms. The average Bonchev–Trinajstić information content (AvgIpc) is 2.25. The van der Waals surface area contributed by atoms with Crippen molar-refractivity contribution in [3.05, 3.63) is 29.6 Å². The minimum absolute atomic E-state index is 0.00637. The summed E-state index contributed by atoms with van der Waals surface area (Å²) in [7, 11) is 0. The van der Waals surface area contributed by atoms with Crippen LogP contribution in [-0.2, 0) is 11.2 Å².